The molecule has 0 saturated heterocycles. The molecule has 27 heavy (non-hydrogen) atoms. The topological polar surface area (TPSA) is 55.6 Å². The zero-order valence-corrected chi connectivity index (χ0v) is 16.5. The Morgan fingerprint density at radius 2 is 1.93 bits per heavy atom. The standard InChI is InChI=1S/C20H14BrN5S/c21-18-9-16-19(27-18)20(23-12-22-16)25-15-6-7-17-14(8-15)10-24-26(17)11-13-4-2-1-3-5-13/h1-10,12H,11H2,(H,22,23,25). The van der Waals surface area contributed by atoms with Crippen molar-refractivity contribution >= 4 is 59.9 Å². The molecule has 5 rings (SSSR count). The fourth-order valence-corrected chi connectivity index (χ4v) is 4.58. The van der Waals surface area contributed by atoms with Gasteiger partial charge >= 0.3 is 0 Å². The van der Waals surface area contributed by atoms with E-state index < -0.39 is 0 Å². The molecule has 0 aliphatic carbocycles. The minimum absolute atomic E-state index is 0.757. The number of halogens is 1. The number of hydrogen-bond donors (Lipinski definition) is 1. The Hall–Kier alpha value is -2.77. The highest BCUT2D eigenvalue weighted by molar-refractivity contribution is 9.11. The van der Waals surface area contributed by atoms with Crippen molar-refractivity contribution in [3.63, 3.8) is 0 Å². The lowest BCUT2D eigenvalue weighted by Crippen LogP contribution is -2.01. The third-order valence-corrected chi connectivity index (χ3v) is 5.99. The van der Waals surface area contributed by atoms with E-state index in [1.54, 1.807) is 17.7 Å². The molecule has 0 radical (unpaired) electrons. The van der Waals surface area contributed by atoms with Crippen molar-refractivity contribution in [2.24, 2.45) is 0 Å². The first-order valence-corrected chi connectivity index (χ1v) is 10.0. The van der Waals surface area contributed by atoms with Crippen LogP contribution >= 0.6 is 27.3 Å². The first-order valence-electron chi connectivity index (χ1n) is 8.43. The number of nitrogens with zero attached hydrogens (tertiary/aromatic N) is 4. The van der Waals surface area contributed by atoms with Gasteiger partial charge in [0, 0.05) is 11.1 Å². The molecular formula is C20H14BrN5S. The van der Waals surface area contributed by atoms with Crippen LogP contribution in [0.15, 0.2) is 70.9 Å². The van der Waals surface area contributed by atoms with E-state index in [-0.39, 0.29) is 0 Å². The lowest BCUT2D eigenvalue weighted by atomic mass is 10.2. The van der Waals surface area contributed by atoms with Crippen molar-refractivity contribution in [2.75, 3.05) is 5.32 Å². The second-order valence-electron chi connectivity index (χ2n) is 6.17. The molecular weight excluding hydrogens is 422 g/mol. The highest BCUT2D eigenvalue weighted by atomic mass is 79.9. The average Bonchev–Trinajstić information content (AvgIpc) is 3.26. The monoisotopic (exact) mass is 435 g/mol. The third kappa shape index (κ3) is 3.20. The lowest BCUT2D eigenvalue weighted by Gasteiger charge is -2.07. The number of fused-ring (bicyclic) bond motifs is 2. The van der Waals surface area contributed by atoms with Crippen molar-refractivity contribution < 1.29 is 0 Å². The molecule has 0 bridgehead atoms. The predicted molar refractivity (Wildman–Crippen MR) is 114 cm³/mol. The van der Waals surface area contributed by atoms with Gasteiger partial charge in [0.2, 0.25) is 0 Å². The Kier molecular flexibility index (Phi) is 4.10. The molecule has 1 N–H and O–H groups in total. The molecule has 0 saturated carbocycles. The summed E-state index contributed by atoms with van der Waals surface area (Å²) in [6.07, 6.45) is 3.49. The van der Waals surface area contributed by atoms with Gasteiger partial charge in [-0.25, -0.2) is 9.97 Å². The van der Waals surface area contributed by atoms with Crippen LogP contribution in [0.3, 0.4) is 0 Å². The quantitative estimate of drug-likeness (QED) is 0.399. The smallest absolute Gasteiger partial charge is 0.151 e. The maximum Gasteiger partial charge on any atom is 0.151 e. The molecule has 0 aliphatic heterocycles. The van der Waals surface area contributed by atoms with Gasteiger partial charge in [-0.1, -0.05) is 30.3 Å². The van der Waals surface area contributed by atoms with Crippen LogP contribution in [0.25, 0.3) is 21.1 Å². The summed E-state index contributed by atoms with van der Waals surface area (Å²) in [7, 11) is 0. The van der Waals surface area contributed by atoms with Crippen LogP contribution in [0.1, 0.15) is 5.56 Å². The predicted octanol–water partition coefficient (Wildman–Crippen LogP) is 5.60. The Balaban J connectivity index is 1.46. The van der Waals surface area contributed by atoms with E-state index >= 15 is 0 Å². The molecule has 0 spiro atoms. The van der Waals surface area contributed by atoms with E-state index in [0.717, 1.165) is 43.0 Å². The summed E-state index contributed by atoms with van der Waals surface area (Å²) in [6, 6.07) is 18.6. The first kappa shape index (κ1) is 16.4. The summed E-state index contributed by atoms with van der Waals surface area (Å²) in [5, 5.41) is 9.06. The van der Waals surface area contributed by atoms with Crippen LogP contribution < -0.4 is 5.32 Å². The van der Waals surface area contributed by atoms with E-state index in [1.165, 1.54) is 5.56 Å². The maximum absolute atomic E-state index is 4.55. The number of benzene rings is 2. The highest BCUT2D eigenvalue weighted by Crippen LogP contribution is 2.34. The van der Waals surface area contributed by atoms with Crippen molar-refractivity contribution in [3.05, 3.63) is 76.5 Å². The molecule has 0 fully saturated rings. The molecule has 7 heteroatoms. The van der Waals surface area contributed by atoms with Gasteiger partial charge in [-0.2, -0.15) is 5.10 Å². The number of rotatable bonds is 4. The van der Waals surface area contributed by atoms with Gasteiger partial charge in [0.25, 0.3) is 0 Å². The molecule has 132 valence electrons. The van der Waals surface area contributed by atoms with Crippen LogP contribution in [0.5, 0.6) is 0 Å². The summed E-state index contributed by atoms with van der Waals surface area (Å²) < 4.78 is 4.09. The van der Waals surface area contributed by atoms with E-state index in [1.807, 2.05) is 23.0 Å². The summed E-state index contributed by atoms with van der Waals surface area (Å²) >= 11 is 5.14. The number of anilines is 2. The molecule has 5 aromatic rings. The third-order valence-electron chi connectivity index (χ3n) is 4.36. The highest BCUT2D eigenvalue weighted by Gasteiger charge is 2.09. The van der Waals surface area contributed by atoms with E-state index in [2.05, 4.69) is 78.8 Å². The van der Waals surface area contributed by atoms with Crippen LogP contribution in [0, 0.1) is 0 Å². The van der Waals surface area contributed by atoms with E-state index in [9.17, 15) is 0 Å². The fourth-order valence-electron chi connectivity index (χ4n) is 3.10. The van der Waals surface area contributed by atoms with Gasteiger partial charge in [0.05, 0.1) is 32.3 Å². The molecule has 5 nitrogen and oxygen atoms in total. The van der Waals surface area contributed by atoms with E-state index in [4.69, 9.17) is 0 Å². The van der Waals surface area contributed by atoms with E-state index in [0.29, 0.717) is 0 Å². The van der Waals surface area contributed by atoms with Crippen molar-refractivity contribution in [1.82, 2.24) is 19.7 Å². The van der Waals surface area contributed by atoms with Gasteiger partial charge in [-0.15, -0.1) is 11.3 Å². The second-order valence-corrected chi connectivity index (χ2v) is 8.61. The molecule has 3 aromatic heterocycles. The van der Waals surface area contributed by atoms with Gasteiger partial charge < -0.3 is 5.32 Å². The van der Waals surface area contributed by atoms with Crippen LogP contribution in [0.4, 0.5) is 11.5 Å². The van der Waals surface area contributed by atoms with Crippen molar-refractivity contribution in [1.29, 1.82) is 0 Å². The molecule has 2 aromatic carbocycles. The fraction of sp³-hybridized carbons (Fsp3) is 0.0500. The zero-order valence-electron chi connectivity index (χ0n) is 14.1. The largest absolute Gasteiger partial charge is 0.339 e. The van der Waals surface area contributed by atoms with Crippen LogP contribution in [-0.4, -0.2) is 19.7 Å². The Labute approximate surface area is 167 Å². The average molecular weight is 436 g/mol. The molecule has 0 unspecified atom stereocenters. The first-order chi connectivity index (χ1) is 13.3. The number of hydrogen-bond acceptors (Lipinski definition) is 5. The summed E-state index contributed by atoms with van der Waals surface area (Å²) in [5.41, 5.74) is 4.25. The zero-order chi connectivity index (χ0) is 18.2. The number of thiophene rings is 1. The number of nitrogens with one attached hydrogen (secondary N) is 1. The van der Waals surface area contributed by atoms with Gasteiger partial charge in [-0.05, 0) is 45.8 Å². The van der Waals surface area contributed by atoms with Gasteiger partial charge in [0.15, 0.2) is 5.82 Å². The number of aromatic nitrogens is 4. The normalized spacial score (nSPS) is 11.3. The van der Waals surface area contributed by atoms with Crippen LogP contribution in [-0.2, 0) is 6.54 Å². The van der Waals surface area contributed by atoms with Crippen LogP contribution in [0.2, 0.25) is 0 Å². The minimum Gasteiger partial charge on any atom is -0.339 e. The maximum atomic E-state index is 4.55. The molecule has 0 aliphatic rings. The van der Waals surface area contributed by atoms with Gasteiger partial charge in [-0.3, -0.25) is 4.68 Å². The molecule has 3 heterocycles. The van der Waals surface area contributed by atoms with Crippen molar-refractivity contribution in [3.8, 4) is 0 Å². The van der Waals surface area contributed by atoms with Crippen molar-refractivity contribution in [2.45, 2.75) is 6.54 Å². The summed E-state index contributed by atoms with van der Waals surface area (Å²) in [6.45, 7) is 0.757. The lowest BCUT2D eigenvalue weighted by molar-refractivity contribution is 0.712. The Bertz CT molecular complexity index is 1250. The minimum atomic E-state index is 0.757. The Morgan fingerprint density at radius 1 is 1.04 bits per heavy atom. The molecule has 0 amide bonds. The summed E-state index contributed by atoms with van der Waals surface area (Å²) in [5.74, 6) is 0.812. The Morgan fingerprint density at radius 3 is 2.81 bits per heavy atom. The second kappa shape index (κ2) is 6.75. The van der Waals surface area contributed by atoms with Gasteiger partial charge in [0.1, 0.15) is 6.33 Å². The molecule has 0 atom stereocenters. The summed E-state index contributed by atoms with van der Waals surface area (Å²) in [4.78, 5) is 8.72. The SMILES string of the molecule is Brc1cc2ncnc(Nc3ccc4c(cnn4Cc4ccccc4)c3)c2s1.